The maximum atomic E-state index is 12.7. The number of alkyl halides is 4. The molecule has 0 unspecified atom stereocenters. The molecule has 0 saturated carbocycles. The van der Waals surface area contributed by atoms with Crippen molar-refractivity contribution in [2.45, 2.75) is 58.5 Å². The third kappa shape index (κ3) is 8.64. The summed E-state index contributed by atoms with van der Waals surface area (Å²) in [6, 6.07) is 3.15. The van der Waals surface area contributed by atoms with Crippen molar-refractivity contribution in [1.82, 2.24) is 10.2 Å². The number of ether oxygens (including phenoxy) is 3. The maximum absolute atomic E-state index is 12.7. The summed E-state index contributed by atoms with van der Waals surface area (Å²) in [5, 5.41) is 2.77. The number of benzene rings is 1. The number of alkyl carbamates (subject to hydrolysis) is 1. The van der Waals surface area contributed by atoms with Crippen LogP contribution in [-0.2, 0) is 9.53 Å². The van der Waals surface area contributed by atoms with Crippen molar-refractivity contribution in [3.05, 3.63) is 29.8 Å². The van der Waals surface area contributed by atoms with Gasteiger partial charge in [0.1, 0.15) is 17.1 Å². The average Bonchev–Trinajstić information content (AvgIpc) is 2.65. The predicted octanol–water partition coefficient (Wildman–Crippen LogP) is 4.42. The molecular formula is C21H26F4N2O5. The van der Waals surface area contributed by atoms with E-state index in [2.05, 4.69) is 14.8 Å². The molecule has 2 rings (SSSR count). The summed E-state index contributed by atoms with van der Waals surface area (Å²) >= 11 is 0. The quantitative estimate of drug-likeness (QED) is 0.480. The van der Waals surface area contributed by atoms with Gasteiger partial charge in [0, 0.05) is 36.8 Å². The molecule has 1 aliphatic rings. The van der Waals surface area contributed by atoms with Gasteiger partial charge in [-0.2, -0.15) is 17.6 Å². The van der Waals surface area contributed by atoms with Crippen molar-refractivity contribution in [3.63, 3.8) is 0 Å². The molecule has 1 aromatic carbocycles. The Morgan fingerprint density at radius 3 is 2.28 bits per heavy atom. The normalized spacial score (nSPS) is 15.3. The lowest BCUT2D eigenvalue weighted by atomic mass is 10.0. The zero-order valence-electron chi connectivity index (χ0n) is 17.9. The van der Waals surface area contributed by atoms with Gasteiger partial charge in [0.05, 0.1) is 0 Å². The number of halogens is 4. The summed E-state index contributed by atoms with van der Waals surface area (Å²) in [5.74, 6) is -1.11. The van der Waals surface area contributed by atoms with E-state index < -0.39 is 30.7 Å². The van der Waals surface area contributed by atoms with Crippen LogP contribution >= 0.6 is 0 Å². The third-order valence-electron chi connectivity index (χ3n) is 4.36. The van der Waals surface area contributed by atoms with Gasteiger partial charge in [-0.05, 0) is 51.8 Å². The summed E-state index contributed by atoms with van der Waals surface area (Å²) in [7, 11) is 0. The van der Waals surface area contributed by atoms with Crippen molar-refractivity contribution >= 4 is 18.1 Å². The van der Waals surface area contributed by atoms with E-state index in [1.807, 2.05) is 0 Å². The van der Waals surface area contributed by atoms with E-state index in [1.165, 1.54) is 18.2 Å². The van der Waals surface area contributed by atoms with Crippen molar-refractivity contribution in [3.8, 4) is 11.5 Å². The van der Waals surface area contributed by atoms with Crippen LogP contribution in [-0.4, -0.2) is 54.9 Å². The van der Waals surface area contributed by atoms with E-state index in [0.717, 1.165) is 12.1 Å². The molecule has 0 aromatic heterocycles. The molecule has 0 bridgehead atoms. The Hall–Kier alpha value is -2.98. The molecule has 1 aromatic rings. The summed E-state index contributed by atoms with van der Waals surface area (Å²) in [4.78, 5) is 25.8. The second-order valence-electron chi connectivity index (χ2n) is 8.04. The summed E-state index contributed by atoms with van der Waals surface area (Å²) < 4.78 is 63.7. The predicted molar refractivity (Wildman–Crippen MR) is 108 cm³/mol. The van der Waals surface area contributed by atoms with Crippen LogP contribution in [0.25, 0.3) is 6.08 Å². The smallest absolute Gasteiger partial charge is 0.407 e. The highest BCUT2D eigenvalue weighted by atomic mass is 19.3. The van der Waals surface area contributed by atoms with Gasteiger partial charge in [-0.1, -0.05) is 0 Å². The van der Waals surface area contributed by atoms with Gasteiger partial charge in [-0.15, -0.1) is 0 Å². The fraction of sp³-hybridized carbons (Fsp3) is 0.524. The van der Waals surface area contributed by atoms with Crippen molar-refractivity contribution in [2.24, 2.45) is 0 Å². The number of hydrogen-bond donors (Lipinski definition) is 1. The number of piperidine rings is 1. The second kappa shape index (κ2) is 11.1. The highest BCUT2D eigenvalue weighted by Crippen LogP contribution is 2.28. The van der Waals surface area contributed by atoms with Crippen molar-refractivity contribution in [2.75, 3.05) is 13.1 Å². The van der Waals surface area contributed by atoms with Gasteiger partial charge < -0.3 is 24.4 Å². The van der Waals surface area contributed by atoms with Crippen LogP contribution in [0.1, 0.15) is 39.2 Å². The summed E-state index contributed by atoms with van der Waals surface area (Å²) in [6.45, 7) is -0.260. The lowest BCUT2D eigenvalue weighted by molar-refractivity contribution is -0.127. The molecule has 7 nitrogen and oxygen atoms in total. The first-order valence-corrected chi connectivity index (χ1v) is 9.93. The second-order valence-corrected chi connectivity index (χ2v) is 8.04. The minimum absolute atomic E-state index is 0.0988. The molecule has 0 atom stereocenters. The van der Waals surface area contributed by atoms with Crippen LogP contribution in [0.3, 0.4) is 0 Å². The van der Waals surface area contributed by atoms with E-state index in [1.54, 1.807) is 25.7 Å². The van der Waals surface area contributed by atoms with Crippen molar-refractivity contribution in [1.29, 1.82) is 0 Å². The van der Waals surface area contributed by atoms with E-state index in [9.17, 15) is 27.2 Å². The molecule has 11 heteroatoms. The van der Waals surface area contributed by atoms with Gasteiger partial charge in [-0.25, -0.2) is 4.79 Å². The first-order valence-electron chi connectivity index (χ1n) is 9.93. The largest absolute Gasteiger partial charge is 0.444 e. The molecule has 32 heavy (non-hydrogen) atoms. The lowest BCUT2D eigenvalue weighted by Crippen LogP contribution is -2.47. The van der Waals surface area contributed by atoms with Crippen molar-refractivity contribution < 1.29 is 41.4 Å². The molecule has 0 radical (unpaired) electrons. The Morgan fingerprint density at radius 1 is 1.09 bits per heavy atom. The van der Waals surface area contributed by atoms with Crippen LogP contribution in [0.4, 0.5) is 22.4 Å². The minimum Gasteiger partial charge on any atom is -0.444 e. The monoisotopic (exact) mass is 462 g/mol. The third-order valence-corrected chi connectivity index (χ3v) is 4.36. The Labute approximate surface area is 183 Å². The highest BCUT2D eigenvalue weighted by molar-refractivity contribution is 5.92. The average molecular weight is 462 g/mol. The molecule has 1 saturated heterocycles. The number of amides is 2. The molecule has 2 amide bonds. The first-order chi connectivity index (χ1) is 14.9. The first kappa shape index (κ1) is 25.3. The number of nitrogens with zero attached hydrogens (tertiary/aromatic N) is 1. The SMILES string of the molecule is CC(C)(C)OC(=O)NC1CCN(C(=O)/C=C/c2ccc(OC(F)F)cc2OC(F)F)CC1. The molecule has 1 fully saturated rings. The van der Waals surface area contributed by atoms with Gasteiger partial charge in [0.2, 0.25) is 5.91 Å². The molecule has 0 aliphatic carbocycles. The zero-order valence-corrected chi connectivity index (χ0v) is 17.9. The van der Waals surface area contributed by atoms with Crippen LogP contribution in [0.5, 0.6) is 11.5 Å². The Bertz CT molecular complexity index is 819. The summed E-state index contributed by atoms with van der Waals surface area (Å²) in [6.07, 6.45) is 2.98. The standard InChI is InChI=1S/C21H26F4N2O5/c1-21(2,3)32-20(29)26-14-8-10-27(11-9-14)17(28)7-5-13-4-6-15(30-18(22)23)12-16(13)31-19(24)25/h4-7,12,14,18-19H,8-11H2,1-3H3,(H,26,29)/b7-5+. The molecular weight excluding hydrogens is 436 g/mol. The number of carbonyl (C=O) groups is 2. The van der Waals surface area contributed by atoms with Crippen LogP contribution < -0.4 is 14.8 Å². The number of rotatable bonds is 7. The maximum Gasteiger partial charge on any atom is 0.407 e. The van der Waals surface area contributed by atoms with Gasteiger partial charge in [0.25, 0.3) is 0 Å². The van der Waals surface area contributed by atoms with Crippen LogP contribution in [0.15, 0.2) is 24.3 Å². The Kier molecular flexibility index (Phi) is 8.73. The number of nitrogens with one attached hydrogen (secondary N) is 1. The number of carbonyl (C=O) groups excluding carboxylic acids is 2. The number of hydrogen-bond acceptors (Lipinski definition) is 5. The minimum atomic E-state index is -3.18. The fourth-order valence-corrected chi connectivity index (χ4v) is 3.01. The van der Waals surface area contributed by atoms with E-state index in [-0.39, 0.29) is 23.3 Å². The van der Waals surface area contributed by atoms with Gasteiger partial charge in [0.15, 0.2) is 0 Å². The zero-order chi connectivity index (χ0) is 23.9. The number of likely N-dealkylation sites (tertiary alicyclic amines) is 1. The lowest BCUT2D eigenvalue weighted by Gasteiger charge is -2.32. The molecule has 178 valence electrons. The van der Waals surface area contributed by atoms with E-state index in [0.29, 0.717) is 25.9 Å². The van der Waals surface area contributed by atoms with Gasteiger partial charge >= 0.3 is 19.3 Å². The highest BCUT2D eigenvalue weighted by Gasteiger charge is 2.25. The topological polar surface area (TPSA) is 77.1 Å². The molecule has 1 N–H and O–H groups in total. The molecule has 0 spiro atoms. The Balaban J connectivity index is 1.95. The molecule has 1 aliphatic heterocycles. The van der Waals surface area contributed by atoms with Gasteiger partial charge in [-0.3, -0.25) is 4.79 Å². The Morgan fingerprint density at radius 2 is 1.72 bits per heavy atom. The van der Waals surface area contributed by atoms with E-state index in [4.69, 9.17) is 4.74 Å². The summed E-state index contributed by atoms with van der Waals surface area (Å²) in [5.41, 5.74) is -0.510. The fourth-order valence-electron chi connectivity index (χ4n) is 3.01. The van der Waals surface area contributed by atoms with E-state index >= 15 is 0 Å². The van der Waals surface area contributed by atoms with Crippen LogP contribution in [0.2, 0.25) is 0 Å². The van der Waals surface area contributed by atoms with Crippen LogP contribution in [0, 0.1) is 0 Å². The molecule has 1 heterocycles.